The zero-order valence-electron chi connectivity index (χ0n) is 14.7. The maximum atomic E-state index is 12.9. The highest BCUT2D eigenvalue weighted by atomic mass is 35.5. The highest BCUT2D eigenvalue weighted by Gasteiger charge is 2.34. The molecule has 2 bridgehead atoms. The molecule has 2 atom stereocenters. The third-order valence-electron chi connectivity index (χ3n) is 5.55. The van der Waals surface area contributed by atoms with Crippen LogP contribution in [0.5, 0.6) is 0 Å². The van der Waals surface area contributed by atoms with Crippen molar-refractivity contribution in [2.24, 2.45) is 0 Å². The quantitative estimate of drug-likeness (QED) is 0.878. The minimum Gasteiger partial charge on any atom is -0.349 e. The molecule has 25 heavy (non-hydrogen) atoms. The van der Waals surface area contributed by atoms with Gasteiger partial charge in [0.15, 0.2) is 0 Å². The highest BCUT2D eigenvalue weighted by Crippen LogP contribution is 2.28. The van der Waals surface area contributed by atoms with E-state index in [0.29, 0.717) is 17.1 Å². The molecule has 4 nitrogen and oxygen atoms in total. The molecule has 0 radical (unpaired) electrons. The van der Waals surface area contributed by atoms with Gasteiger partial charge in [0.1, 0.15) is 0 Å². The molecule has 5 heteroatoms. The van der Waals surface area contributed by atoms with Gasteiger partial charge in [-0.05, 0) is 63.8 Å². The maximum absolute atomic E-state index is 12.9. The number of aromatic nitrogens is 1. The largest absolute Gasteiger partial charge is 0.349 e. The van der Waals surface area contributed by atoms with Gasteiger partial charge in [0, 0.05) is 40.2 Å². The number of amides is 1. The van der Waals surface area contributed by atoms with E-state index < -0.39 is 0 Å². The molecule has 2 aliphatic heterocycles. The second-order valence-electron chi connectivity index (χ2n) is 7.38. The zero-order chi connectivity index (χ0) is 17.6. The molecule has 2 fully saturated rings. The van der Waals surface area contributed by atoms with Crippen molar-refractivity contribution in [1.82, 2.24) is 15.2 Å². The summed E-state index contributed by atoms with van der Waals surface area (Å²) in [6, 6.07) is 11.1. The van der Waals surface area contributed by atoms with Crippen molar-refractivity contribution in [3.05, 3.63) is 52.3 Å². The third kappa shape index (κ3) is 3.21. The number of piperidine rings is 1. The van der Waals surface area contributed by atoms with Crippen LogP contribution in [0.4, 0.5) is 0 Å². The summed E-state index contributed by atoms with van der Waals surface area (Å²) in [5, 5.41) is 7.57. The molecule has 0 saturated carbocycles. The molecule has 2 unspecified atom stereocenters. The summed E-state index contributed by atoms with van der Waals surface area (Å²) in [7, 11) is 0. The molecule has 132 valence electrons. The molecule has 2 saturated heterocycles. The molecule has 1 aromatic carbocycles. The van der Waals surface area contributed by atoms with E-state index in [1.54, 1.807) is 0 Å². The molecule has 2 N–H and O–H groups in total. The van der Waals surface area contributed by atoms with Crippen molar-refractivity contribution in [3.63, 3.8) is 0 Å². The van der Waals surface area contributed by atoms with Crippen LogP contribution in [-0.4, -0.2) is 28.6 Å². The van der Waals surface area contributed by atoms with Crippen molar-refractivity contribution < 1.29 is 4.79 Å². The fourth-order valence-electron chi connectivity index (χ4n) is 4.44. The van der Waals surface area contributed by atoms with Crippen molar-refractivity contribution in [1.29, 1.82) is 0 Å². The standard InChI is InChI=1S/C20H24ClN3O/c1-12-8-19(13(2)24(12)18-5-3-4-14(21)9-18)20(25)23-17-10-15-6-7-16(11-17)22-15/h3-5,8-9,15-17,22H,6-7,10-11H2,1-2H3,(H,23,25). The van der Waals surface area contributed by atoms with Crippen LogP contribution in [0.3, 0.4) is 0 Å². The van der Waals surface area contributed by atoms with Crippen molar-refractivity contribution >= 4 is 17.5 Å². The number of halogens is 1. The maximum Gasteiger partial charge on any atom is 0.253 e. The topological polar surface area (TPSA) is 46.1 Å². The van der Waals surface area contributed by atoms with Crippen LogP contribution in [0.1, 0.15) is 47.4 Å². The van der Waals surface area contributed by atoms with Crippen LogP contribution in [0.2, 0.25) is 5.02 Å². The van der Waals surface area contributed by atoms with Gasteiger partial charge < -0.3 is 15.2 Å². The molecular formula is C20H24ClN3O. The lowest BCUT2D eigenvalue weighted by molar-refractivity contribution is 0.0923. The second-order valence-corrected chi connectivity index (χ2v) is 7.82. The number of hydrogen-bond acceptors (Lipinski definition) is 2. The number of fused-ring (bicyclic) bond motifs is 2. The molecule has 0 spiro atoms. The van der Waals surface area contributed by atoms with E-state index in [1.807, 2.05) is 44.2 Å². The Hall–Kier alpha value is -1.78. The van der Waals surface area contributed by atoms with Crippen LogP contribution in [0, 0.1) is 13.8 Å². The van der Waals surface area contributed by atoms with Crippen molar-refractivity contribution in [3.8, 4) is 5.69 Å². The Morgan fingerprint density at radius 1 is 1.20 bits per heavy atom. The van der Waals surface area contributed by atoms with E-state index in [9.17, 15) is 4.79 Å². The first-order valence-electron chi connectivity index (χ1n) is 9.03. The van der Waals surface area contributed by atoms with Gasteiger partial charge in [-0.3, -0.25) is 4.79 Å². The van der Waals surface area contributed by atoms with Gasteiger partial charge in [-0.25, -0.2) is 0 Å². The van der Waals surface area contributed by atoms with Crippen molar-refractivity contribution in [2.75, 3.05) is 0 Å². The fourth-order valence-corrected chi connectivity index (χ4v) is 4.63. The molecule has 2 aromatic rings. The van der Waals surface area contributed by atoms with Gasteiger partial charge in [0.2, 0.25) is 0 Å². The van der Waals surface area contributed by atoms with E-state index in [4.69, 9.17) is 11.6 Å². The third-order valence-corrected chi connectivity index (χ3v) is 5.79. The SMILES string of the molecule is Cc1cc(C(=O)NC2CC3CCC(C2)N3)c(C)n1-c1cccc(Cl)c1. The minimum absolute atomic E-state index is 0.0349. The van der Waals surface area contributed by atoms with E-state index in [0.717, 1.165) is 35.5 Å². The Morgan fingerprint density at radius 3 is 2.60 bits per heavy atom. The first-order chi connectivity index (χ1) is 12.0. The first-order valence-corrected chi connectivity index (χ1v) is 9.41. The lowest BCUT2D eigenvalue weighted by Crippen LogP contribution is -2.48. The average Bonchev–Trinajstić information content (AvgIpc) is 3.06. The van der Waals surface area contributed by atoms with Gasteiger partial charge in [0.05, 0.1) is 5.56 Å². The zero-order valence-corrected chi connectivity index (χ0v) is 15.4. The summed E-state index contributed by atoms with van der Waals surface area (Å²) in [4.78, 5) is 12.9. The van der Waals surface area contributed by atoms with Crippen LogP contribution in [0.25, 0.3) is 5.69 Å². The lowest BCUT2D eigenvalue weighted by atomic mass is 9.99. The molecule has 1 aromatic heterocycles. The number of carbonyl (C=O) groups is 1. The van der Waals surface area contributed by atoms with E-state index in [2.05, 4.69) is 15.2 Å². The van der Waals surface area contributed by atoms with Crippen LogP contribution >= 0.6 is 11.6 Å². The Labute approximate surface area is 153 Å². The summed E-state index contributed by atoms with van der Waals surface area (Å²) in [5.41, 5.74) is 3.73. The number of nitrogens with zero attached hydrogens (tertiary/aromatic N) is 1. The number of rotatable bonds is 3. The van der Waals surface area contributed by atoms with E-state index in [-0.39, 0.29) is 11.9 Å². The summed E-state index contributed by atoms with van der Waals surface area (Å²) in [6.45, 7) is 4.02. The highest BCUT2D eigenvalue weighted by molar-refractivity contribution is 6.30. The normalized spacial score (nSPS) is 25.2. The van der Waals surface area contributed by atoms with Gasteiger partial charge in [0.25, 0.3) is 5.91 Å². The molecule has 3 heterocycles. The molecule has 4 rings (SSSR count). The number of benzene rings is 1. The average molecular weight is 358 g/mol. The minimum atomic E-state index is 0.0349. The second kappa shape index (κ2) is 6.50. The summed E-state index contributed by atoms with van der Waals surface area (Å²) in [5.74, 6) is 0.0349. The molecule has 1 amide bonds. The van der Waals surface area contributed by atoms with Gasteiger partial charge in [-0.2, -0.15) is 0 Å². The van der Waals surface area contributed by atoms with Crippen LogP contribution in [0.15, 0.2) is 30.3 Å². The van der Waals surface area contributed by atoms with Gasteiger partial charge >= 0.3 is 0 Å². The van der Waals surface area contributed by atoms with Gasteiger partial charge in [-0.1, -0.05) is 17.7 Å². The summed E-state index contributed by atoms with van der Waals surface area (Å²) >= 11 is 6.13. The van der Waals surface area contributed by atoms with E-state index >= 15 is 0 Å². The molecule has 2 aliphatic rings. The summed E-state index contributed by atoms with van der Waals surface area (Å²) in [6.07, 6.45) is 4.55. The van der Waals surface area contributed by atoms with E-state index in [1.165, 1.54) is 12.8 Å². The van der Waals surface area contributed by atoms with Crippen molar-refractivity contribution in [2.45, 2.75) is 57.7 Å². The van der Waals surface area contributed by atoms with Crippen LogP contribution < -0.4 is 10.6 Å². The lowest BCUT2D eigenvalue weighted by Gasteiger charge is -2.29. The Balaban J connectivity index is 1.56. The first kappa shape index (κ1) is 16.7. The predicted molar refractivity (Wildman–Crippen MR) is 101 cm³/mol. The summed E-state index contributed by atoms with van der Waals surface area (Å²) < 4.78 is 2.09. The van der Waals surface area contributed by atoms with Crippen LogP contribution in [-0.2, 0) is 0 Å². The van der Waals surface area contributed by atoms with Gasteiger partial charge in [-0.15, -0.1) is 0 Å². The fraction of sp³-hybridized carbons (Fsp3) is 0.450. The number of hydrogen-bond donors (Lipinski definition) is 2. The molecular weight excluding hydrogens is 334 g/mol. The Kier molecular flexibility index (Phi) is 4.34. The predicted octanol–water partition coefficient (Wildman–Crippen LogP) is 3.76. The number of carbonyl (C=O) groups excluding carboxylic acids is 1. The smallest absolute Gasteiger partial charge is 0.253 e. The molecule has 0 aliphatic carbocycles. The number of aryl methyl sites for hydroxylation is 1. The number of nitrogens with one attached hydrogen (secondary N) is 2. The monoisotopic (exact) mass is 357 g/mol. The Bertz CT molecular complexity index is 801. The Morgan fingerprint density at radius 2 is 1.92 bits per heavy atom.